The molecule has 40 heavy (non-hydrogen) atoms. The topological polar surface area (TPSA) is 53.0 Å². The highest BCUT2D eigenvalue weighted by Crippen LogP contribution is 2.51. The van der Waals surface area contributed by atoms with Crippen molar-refractivity contribution in [1.82, 2.24) is 9.80 Å². The van der Waals surface area contributed by atoms with Crippen LogP contribution in [-0.2, 0) is 5.41 Å². The third-order valence-electron chi connectivity index (χ3n) is 9.73. The van der Waals surface area contributed by atoms with Crippen molar-refractivity contribution < 1.29 is 14.6 Å². The molecule has 1 heterocycles. The Kier molecular flexibility index (Phi) is 7.62. The molecule has 1 saturated heterocycles. The van der Waals surface area contributed by atoms with E-state index < -0.39 is 6.10 Å². The summed E-state index contributed by atoms with van der Waals surface area (Å²) in [5.41, 5.74) is 1.77. The molecule has 0 spiro atoms. The number of benzene rings is 3. The Labute approximate surface area is 239 Å². The number of likely N-dealkylation sites (tertiary alicyclic amines) is 1. The third-order valence-corrected chi connectivity index (χ3v) is 9.73. The number of ether oxygens (including phenoxy) is 1. The average Bonchev–Trinajstić information content (AvgIpc) is 3.79. The second-order valence-electron chi connectivity index (χ2n) is 13.0. The van der Waals surface area contributed by atoms with Gasteiger partial charge in [-0.05, 0) is 91.1 Å². The summed E-state index contributed by atoms with van der Waals surface area (Å²) >= 11 is 0. The molecular formula is C35H44N2O3. The number of aliphatic hydroxyl groups excluding tert-OH is 1. The number of hydrogen-bond donors (Lipinski definition) is 1. The normalized spacial score (nSPS) is 27.0. The minimum atomic E-state index is -0.467. The lowest BCUT2D eigenvalue weighted by atomic mass is 9.56. The van der Waals surface area contributed by atoms with Gasteiger partial charge in [-0.2, -0.15) is 0 Å². The predicted octanol–water partition coefficient (Wildman–Crippen LogP) is 6.14. The van der Waals surface area contributed by atoms with Crippen LogP contribution in [0, 0.1) is 17.8 Å². The first-order chi connectivity index (χ1) is 19.4. The van der Waals surface area contributed by atoms with E-state index in [4.69, 9.17) is 4.74 Å². The Morgan fingerprint density at radius 2 is 1.88 bits per heavy atom. The van der Waals surface area contributed by atoms with Crippen molar-refractivity contribution >= 4 is 16.7 Å². The van der Waals surface area contributed by atoms with Crippen LogP contribution in [0.2, 0.25) is 0 Å². The second kappa shape index (κ2) is 11.2. The molecule has 5 nitrogen and oxygen atoms in total. The number of fused-ring (bicyclic) bond motifs is 2. The van der Waals surface area contributed by atoms with Crippen LogP contribution in [0.1, 0.15) is 61.9 Å². The zero-order valence-corrected chi connectivity index (χ0v) is 24.3. The summed E-state index contributed by atoms with van der Waals surface area (Å²) in [6, 6.07) is 22.7. The highest BCUT2D eigenvalue weighted by atomic mass is 16.5. The molecule has 0 radical (unpaired) electrons. The van der Waals surface area contributed by atoms with Crippen LogP contribution in [0.4, 0.5) is 0 Å². The maximum atomic E-state index is 14.2. The van der Waals surface area contributed by atoms with Gasteiger partial charge in [-0.25, -0.2) is 0 Å². The van der Waals surface area contributed by atoms with Crippen LogP contribution in [0.25, 0.3) is 10.8 Å². The number of amides is 1. The summed E-state index contributed by atoms with van der Waals surface area (Å²) in [6.07, 6.45) is 4.70. The zero-order valence-electron chi connectivity index (χ0n) is 24.3. The molecule has 6 rings (SSSR count). The number of carbonyl (C=O) groups is 1. The van der Waals surface area contributed by atoms with E-state index in [9.17, 15) is 9.90 Å². The number of rotatable bonds is 8. The predicted molar refractivity (Wildman–Crippen MR) is 161 cm³/mol. The molecule has 5 heteroatoms. The van der Waals surface area contributed by atoms with Gasteiger partial charge in [-0.15, -0.1) is 0 Å². The third kappa shape index (κ3) is 5.38. The lowest BCUT2D eigenvalue weighted by Crippen LogP contribution is -2.61. The fourth-order valence-electron chi connectivity index (χ4n) is 7.53. The first-order valence-electron chi connectivity index (χ1n) is 15.2. The second-order valence-corrected chi connectivity index (χ2v) is 13.0. The Hall–Kier alpha value is -2.89. The molecule has 3 aliphatic rings. The van der Waals surface area contributed by atoms with Gasteiger partial charge in [0, 0.05) is 42.6 Å². The minimum absolute atomic E-state index is 0.0335. The zero-order chi connectivity index (χ0) is 27.9. The molecule has 1 amide bonds. The Balaban J connectivity index is 1.35. The van der Waals surface area contributed by atoms with Crippen molar-refractivity contribution in [2.45, 2.75) is 63.5 Å². The van der Waals surface area contributed by atoms with Gasteiger partial charge >= 0.3 is 0 Å². The van der Waals surface area contributed by atoms with Crippen molar-refractivity contribution in [1.29, 1.82) is 0 Å². The van der Waals surface area contributed by atoms with Gasteiger partial charge < -0.3 is 19.6 Å². The molecule has 0 aromatic heterocycles. The number of hydrogen-bond acceptors (Lipinski definition) is 4. The van der Waals surface area contributed by atoms with Crippen LogP contribution in [0.15, 0.2) is 66.7 Å². The van der Waals surface area contributed by atoms with E-state index in [-0.39, 0.29) is 23.3 Å². The average molecular weight is 541 g/mol. The quantitative estimate of drug-likeness (QED) is 0.373. The summed E-state index contributed by atoms with van der Waals surface area (Å²) < 4.78 is 5.65. The Bertz CT molecular complexity index is 1350. The number of nitrogens with zero attached hydrogens (tertiary/aromatic N) is 2. The number of carbonyl (C=O) groups excluding carboxylic acids is 1. The van der Waals surface area contributed by atoms with Crippen molar-refractivity contribution in [3.8, 4) is 5.75 Å². The van der Waals surface area contributed by atoms with E-state index in [1.54, 1.807) is 7.11 Å². The molecule has 3 aromatic rings. The van der Waals surface area contributed by atoms with E-state index in [2.05, 4.69) is 60.0 Å². The van der Waals surface area contributed by atoms with Gasteiger partial charge in [-0.1, -0.05) is 56.3 Å². The summed E-state index contributed by atoms with van der Waals surface area (Å²) in [6.45, 7) is 8.14. The van der Waals surface area contributed by atoms with Crippen molar-refractivity contribution in [2.24, 2.45) is 17.8 Å². The van der Waals surface area contributed by atoms with Crippen molar-refractivity contribution in [3.63, 3.8) is 0 Å². The minimum Gasteiger partial charge on any atom is -0.497 e. The van der Waals surface area contributed by atoms with Gasteiger partial charge in [0.25, 0.3) is 5.91 Å². The first kappa shape index (κ1) is 27.3. The first-order valence-corrected chi connectivity index (χ1v) is 15.2. The molecular weight excluding hydrogens is 496 g/mol. The largest absolute Gasteiger partial charge is 0.497 e. The SMILES string of the molecule is COc1cccc([C@@]23CCN(CC4CC4)C[C@H]2C(O)C[C@H](N(CC(C)C)C(=O)c2ccc4ccccc4c2)C3)c1. The Morgan fingerprint density at radius 1 is 1.07 bits per heavy atom. The molecule has 1 unspecified atom stereocenters. The smallest absolute Gasteiger partial charge is 0.254 e. The van der Waals surface area contributed by atoms with E-state index in [1.807, 2.05) is 30.3 Å². The molecule has 3 fully saturated rings. The van der Waals surface area contributed by atoms with Gasteiger partial charge in [-0.3, -0.25) is 4.79 Å². The highest BCUT2D eigenvalue weighted by Gasteiger charge is 2.53. The maximum Gasteiger partial charge on any atom is 0.254 e. The summed E-state index contributed by atoms with van der Waals surface area (Å²) in [5.74, 6) is 2.22. The summed E-state index contributed by atoms with van der Waals surface area (Å²) in [7, 11) is 1.72. The molecule has 4 atom stereocenters. The lowest BCUT2D eigenvalue weighted by Gasteiger charge is -2.56. The fourth-order valence-corrected chi connectivity index (χ4v) is 7.53. The van der Waals surface area contributed by atoms with Crippen molar-refractivity contribution in [3.05, 3.63) is 77.9 Å². The summed E-state index contributed by atoms with van der Waals surface area (Å²) in [4.78, 5) is 18.9. The molecule has 2 saturated carbocycles. The molecule has 1 N–H and O–H groups in total. The lowest BCUT2D eigenvalue weighted by molar-refractivity contribution is -0.0655. The fraction of sp³-hybridized carbons (Fsp3) is 0.514. The Morgan fingerprint density at radius 3 is 2.62 bits per heavy atom. The molecule has 2 aliphatic carbocycles. The molecule has 212 valence electrons. The summed E-state index contributed by atoms with van der Waals surface area (Å²) in [5, 5.41) is 14.1. The molecule has 3 aromatic carbocycles. The number of piperidine rings is 1. The number of methoxy groups -OCH3 is 1. The van der Waals surface area contributed by atoms with Crippen LogP contribution < -0.4 is 4.74 Å². The van der Waals surface area contributed by atoms with E-state index in [0.29, 0.717) is 18.9 Å². The van der Waals surface area contributed by atoms with Crippen LogP contribution in [0.5, 0.6) is 5.75 Å². The van der Waals surface area contributed by atoms with E-state index >= 15 is 0 Å². The van der Waals surface area contributed by atoms with E-state index in [0.717, 1.165) is 60.5 Å². The monoisotopic (exact) mass is 540 g/mol. The van der Waals surface area contributed by atoms with Crippen molar-refractivity contribution in [2.75, 3.05) is 33.3 Å². The van der Waals surface area contributed by atoms with Gasteiger partial charge in [0.15, 0.2) is 0 Å². The molecule has 1 aliphatic heterocycles. The van der Waals surface area contributed by atoms with Crippen LogP contribution in [-0.4, -0.2) is 66.2 Å². The highest BCUT2D eigenvalue weighted by molar-refractivity contribution is 5.98. The molecule has 0 bridgehead atoms. The number of aliphatic hydroxyl groups is 1. The standard InChI is InChI=1S/C35H44N2O3/c1-24(2)21-37(34(39)28-14-13-26-7-4-5-8-27(26)17-28)30-19-33(38)32-23-36(22-25-11-12-25)16-15-35(32,20-30)29-9-6-10-31(18-29)40-3/h4-10,13-14,17-18,24-25,30,32-33,38H,11-12,15-16,19-23H2,1-3H3/t30-,32-,33?,35-/m0/s1. The van der Waals surface area contributed by atoms with Crippen LogP contribution >= 0.6 is 0 Å². The van der Waals surface area contributed by atoms with Gasteiger partial charge in [0.05, 0.1) is 13.2 Å². The van der Waals surface area contributed by atoms with Gasteiger partial charge in [0.2, 0.25) is 0 Å². The van der Waals surface area contributed by atoms with Crippen LogP contribution in [0.3, 0.4) is 0 Å². The van der Waals surface area contributed by atoms with E-state index in [1.165, 1.54) is 18.4 Å². The van der Waals surface area contributed by atoms with Gasteiger partial charge in [0.1, 0.15) is 5.75 Å². The maximum absolute atomic E-state index is 14.2.